The first-order valence-electron chi connectivity index (χ1n) is 7.55. The predicted molar refractivity (Wildman–Crippen MR) is 92.8 cm³/mol. The van der Waals surface area contributed by atoms with Crippen LogP contribution in [0.2, 0.25) is 5.02 Å². The van der Waals surface area contributed by atoms with Gasteiger partial charge in [0, 0.05) is 37.7 Å². The molecule has 4 nitrogen and oxygen atoms in total. The molecule has 0 saturated carbocycles. The van der Waals surface area contributed by atoms with E-state index in [0.29, 0.717) is 22.9 Å². The highest BCUT2D eigenvalue weighted by Gasteiger charge is 2.14. The standard InChI is InChI=1S/C16H23ClN2O2.ClH/c1-2-18-7-9-19(10-8-18)6-3-11-21-16-5-4-15(17)12-14(16)13-20;/h4-5,12-13H,2-3,6-11H2,1H3;1H. The fourth-order valence-corrected chi connectivity index (χ4v) is 2.72. The van der Waals surface area contributed by atoms with Crippen LogP contribution in [0, 0.1) is 0 Å². The first-order valence-corrected chi connectivity index (χ1v) is 7.93. The first kappa shape index (κ1) is 19.2. The lowest BCUT2D eigenvalue weighted by Crippen LogP contribution is -2.46. The van der Waals surface area contributed by atoms with Crippen molar-refractivity contribution in [1.82, 2.24) is 9.80 Å². The summed E-state index contributed by atoms with van der Waals surface area (Å²) in [6.07, 6.45) is 1.75. The number of likely N-dealkylation sites (N-methyl/N-ethyl adjacent to an activating group) is 1. The second-order valence-corrected chi connectivity index (χ2v) is 5.71. The molecule has 0 N–H and O–H groups in total. The number of carbonyl (C=O) groups excluding carboxylic acids is 1. The van der Waals surface area contributed by atoms with Gasteiger partial charge in [-0.2, -0.15) is 0 Å². The summed E-state index contributed by atoms with van der Waals surface area (Å²) < 4.78 is 5.69. The van der Waals surface area contributed by atoms with Crippen LogP contribution in [0.5, 0.6) is 5.75 Å². The smallest absolute Gasteiger partial charge is 0.153 e. The number of aldehydes is 1. The largest absolute Gasteiger partial charge is 0.493 e. The second kappa shape index (κ2) is 10.1. The topological polar surface area (TPSA) is 32.8 Å². The summed E-state index contributed by atoms with van der Waals surface area (Å²) in [6.45, 7) is 9.59. The predicted octanol–water partition coefficient (Wildman–Crippen LogP) is 2.98. The zero-order valence-electron chi connectivity index (χ0n) is 13.0. The minimum absolute atomic E-state index is 0. The van der Waals surface area contributed by atoms with Crippen molar-refractivity contribution in [1.29, 1.82) is 0 Å². The molecule has 1 aromatic carbocycles. The van der Waals surface area contributed by atoms with E-state index in [1.54, 1.807) is 18.2 Å². The molecule has 1 heterocycles. The van der Waals surface area contributed by atoms with Gasteiger partial charge in [0.25, 0.3) is 0 Å². The van der Waals surface area contributed by atoms with Crippen molar-refractivity contribution in [2.45, 2.75) is 13.3 Å². The number of nitrogens with zero attached hydrogens (tertiary/aromatic N) is 2. The lowest BCUT2D eigenvalue weighted by Gasteiger charge is -2.33. The Kier molecular flexibility index (Phi) is 8.79. The first-order chi connectivity index (χ1) is 10.2. The fraction of sp³-hybridized carbons (Fsp3) is 0.562. The van der Waals surface area contributed by atoms with Crippen LogP contribution in [-0.2, 0) is 0 Å². The van der Waals surface area contributed by atoms with Crippen molar-refractivity contribution in [3.8, 4) is 5.75 Å². The fourth-order valence-electron chi connectivity index (χ4n) is 2.54. The SMILES string of the molecule is CCN1CCN(CCCOc2ccc(Cl)cc2C=O)CC1.Cl. The third-order valence-electron chi connectivity index (χ3n) is 3.89. The van der Waals surface area contributed by atoms with E-state index in [0.717, 1.165) is 52.0 Å². The Labute approximate surface area is 143 Å². The van der Waals surface area contributed by atoms with Crippen LogP contribution in [0.25, 0.3) is 0 Å². The molecule has 0 amide bonds. The van der Waals surface area contributed by atoms with Gasteiger partial charge in [0.1, 0.15) is 5.75 Å². The van der Waals surface area contributed by atoms with E-state index in [9.17, 15) is 4.79 Å². The third kappa shape index (κ3) is 5.76. The zero-order chi connectivity index (χ0) is 15.1. The number of carbonyl (C=O) groups is 1. The van der Waals surface area contributed by atoms with Crippen molar-refractivity contribution >= 4 is 30.3 Å². The van der Waals surface area contributed by atoms with Gasteiger partial charge in [-0.25, -0.2) is 0 Å². The Bertz CT molecular complexity index is 463. The van der Waals surface area contributed by atoms with Crippen LogP contribution >= 0.6 is 24.0 Å². The Hall–Kier alpha value is -0.810. The van der Waals surface area contributed by atoms with Crippen molar-refractivity contribution in [2.24, 2.45) is 0 Å². The summed E-state index contributed by atoms with van der Waals surface area (Å²) in [5.74, 6) is 0.616. The summed E-state index contributed by atoms with van der Waals surface area (Å²) in [6, 6.07) is 5.13. The Morgan fingerprint density at radius 3 is 2.55 bits per heavy atom. The van der Waals surface area contributed by atoms with E-state index < -0.39 is 0 Å². The number of halogens is 2. The molecule has 0 bridgehead atoms. The van der Waals surface area contributed by atoms with E-state index in [1.165, 1.54) is 0 Å². The van der Waals surface area contributed by atoms with Crippen LogP contribution in [0.1, 0.15) is 23.7 Å². The molecule has 0 unspecified atom stereocenters. The van der Waals surface area contributed by atoms with E-state index in [4.69, 9.17) is 16.3 Å². The van der Waals surface area contributed by atoms with Gasteiger partial charge in [0.05, 0.1) is 12.2 Å². The van der Waals surface area contributed by atoms with E-state index >= 15 is 0 Å². The summed E-state index contributed by atoms with van der Waals surface area (Å²) in [5.41, 5.74) is 0.513. The van der Waals surface area contributed by atoms with E-state index in [-0.39, 0.29) is 12.4 Å². The monoisotopic (exact) mass is 346 g/mol. The van der Waals surface area contributed by atoms with Crippen molar-refractivity contribution in [2.75, 3.05) is 45.9 Å². The number of rotatable bonds is 7. The van der Waals surface area contributed by atoms with Gasteiger partial charge in [-0.05, 0) is 31.2 Å². The molecule has 1 aromatic rings. The molecule has 124 valence electrons. The van der Waals surface area contributed by atoms with Gasteiger partial charge in [0.2, 0.25) is 0 Å². The molecule has 2 rings (SSSR count). The molecule has 1 aliphatic rings. The molecule has 1 fully saturated rings. The van der Waals surface area contributed by atoms with Crippen molar-refractivity contribution in [3.05, 3.63) is 28.8 Å². The number of hydrogen-bond acceptors (Lipinski definition) is 4. The molecule has 0 atom stereocenters. The quantitative estimate of drug-likeness (QED) is 0.561. The molecule has 1 aliphatic heterocycles. The normalized spacial score (nSPS) is 16.1. The molecule has 6 heteroatoms. The van der Waals surface area contributed by atoms with Crippen LogP contribution in [-0.4, -0.2) is 62.0 Å². The van der Waals surface area contributed by atoms with E-state index in [1.807, 2.05) is 0 Å². The molecule has 0 spiro atoms. The van der Waals surface area contributed by atoms with Crippen LogP contribution in [0.4, 0.5) is 0 Å². The average Bonchev–Trinajstić information content (AvgIpc) is 2.53. The van der Waals surface area contributed by atoms with Crippen molar-refractivity contribution < 1.29 is 9.53 Å². The highest BCUT2D eigenvalue weighted by Crippen LogP contribution is 2.21. The van der Waals surface area contributed by atoms with Gasteiger partial charge in [0.15, 0.2) is 6.29 Å². The van der Waals surface area contributed by atoms with Gasteiger partial charge >= 0.3 is 0 Å². The maximum Gasteiger partial charge on any atom is 0.153 e. The summed E-state index contributed by atoms with van der Waals surface area (Å²) in [7, 11) is 0. The van der Waals surface area contributed by atoms with Gasteiger partial charge in [-0.3, -0.25) is 4.79 Å². The Balaban J connectivity index is 0.00000242. The average molecular weight is 347 g/mol. The minimum Gasteiger partial charge on any atom is -0.493 e. The molecule has 0 radical (unpaired) electrons. The molecule has 22 heavy (non-hydrogen) atoms. The van der Waals surface area contributed by atoms with Gasteiger partial charge in [-0.15, -0.1) is 12.4 Å². The highest BCUT2D eigenvalue weighted by molar-refractivity contribution is 6.30. The van der Waals surface area contributed by atoms with Crippen LogP contribution < -0.4 is 4.74 Å². The Morgan fingerprint density at radius 1 is 1.23 bits per heavy atom. The number of hydrogen-bond donors (Lipinski definition) is 0. The zero-order valence-corrected chi connectivity index (χ0v) is 14.5. The van der Waals surface area contributed by atoms with Gasteiger partial charge < -0.3 is 14.5 Å². The van der Waals surface area contributed by atoms with Crippen LogP contribution in [0.15, 0.2) is 18.2 Å². The minimum atomic E-state index is 0. The molecule has 0 aromatic heterocycles. The summed E-state index contributed by atoms with van der Waals surface area (Å²) in [5, 5.41) is 0.554. The lowest BCUT2D eigenvalue weighted by atomic mass is 10.2. The third-order valence-corrected chi connectivity index (χ3v) is 4.12. The summed E-state index contributed by atoms with van der Waals surface area (Å²) >= 11 is 5.86. The highest BCUT2D eigenvalue weighted by atomic mass is 35.5. The molecular weight excluding hydrogens is 323 g/mol. The number of ether oxygens (including phenoxy) is 1. The maximum atomic E-state index is 11.0. The van der Waals surface area contributed by atoms with Crippen molar-refractivity contribution in [3.63, 3.8) is 0 Å². The molecular formula is C16H24Cl2N2O2. The molecule has 1 saturated heterocycles. The molecule has 0 aliphatic carbocycles. The second-order valence-electron chi connectivity index (χ2n) is 5.28. The summed E-state index contributed by atoms with van der Waals surface area (Å²) in [4.78, 5) is 15.9. The Morgan fingerprint density at radius 2 is 1.91 bits per heavy atom. The van der Waals surface area contributed by atoms with E-state index in [2.05, 4.69) is 16.7 Å². The number of benzene rings is 1. The van der Waals surface area contributed by atoms with Crippen LogP contribution in [0.3, 0.4) is 0 Å². The van der Waals surface area contributed by atoms with Gasteiger partial charge in [-0.1, -0.05) is 18.5 Å². The maximum absolute atomic E-state index is 11.0. The number of piperazine rings is 1. The lowest BCUT2D eigenvalue weighted by molar-refractivity contribution is 0.111.